The van der Waals surface area contributed by atoms with E-state index in [-0.39, 0.29) is 12.8 Å². The van der Waals surface area contributed by atoms with Gasteiger partial charge in [0.15, 0.2) is 0 Å². The molecule has 3 aliphatic carbocycles. The third-order valence-electron chi connectivity index (χ3n) is 7.10. The number of hydrogen-bond acceptors (Lipinski definition) is 2. The number of rotatable bonds is 0. The number of benzene rings is 1. The summed E-state index contributed by atoms with van der Waals surface area (Å²) in [5.74, 6) is 4.82. The second kappa shape index (κ2) is 5.28. The Morgan fingerprint density at radius 1 is 1.22 bits per heavy atom. The summed E-state index contributed by atoms with van der Waals surface area (Å²) in [6.45, 7) is 2.22. The number of terminal acetylenes is 1. The quantitative estimate of drug-likeness (QED) is 0.703. The van der Waals surface area contributed by atoms with Crippen molar-refractivity contribution in [2.24, 2.45) is 17.3 Å². The summed E-state index contributed by atoms with van der Waals surface area (Å²) in [5.41, 5.74) is 1.69. The van der Waals surface area contributed by atoms with Gasteiger partial charge in [-0.3, -0.25) is 0 Å². The molecule has 3 aliphatic rings. The van der Waals surface area contributed by atoms with Crippen LogP contribution in [0.2, 0.25) is 0 Å². The molecule has 0 aliphatic heterocycles. The lowest BCUT2D eigenvalue weighted by molar-refractivity contribution is -0.0646. The minimum atomic E-state index is -0.919. The van der Waals surface area contributed by atoms with E-state index in [0.717, 1.165) is 38.5 Å². The van der Waals surface area contributed by atoms with Gasteiger partial charge in [-0.2, -0.15) is 0 Å². The first-order valence-corrected chi connectivity index (χ1v) is 8.50. The van der Waals surface area contributed by atoms with Crippen LogP contribution in [0.25, 0.3) is 0 Å². The fourth-order valence-electron chi connectivity index (χ4n) is 5.82. The van der Waals surface area contributed by atoms with Crippen LogP contribution in [0.1, 0.15) is 63.5 Å². The Balaban J connectivity index is 0.00000156. The summed E-state index contributed by atoms with van der Waals surface area (Å²) in [7, 11) is 0. The molecule has 23 heavy (non-hydrogen) atoms. The van der Waals surface area contributed by atoms with Gasteiger partial charge in [-0.15, -0.1) is 6.42 Å². The topological polar surface area (TPSA) is 40.5 Å². The zero-order valence-corrected chi connectivity index (χ0v) is 13.2. The van der Waals surface area contributed by atoms with Crippen molar-refractivity contribution < 1.29 is 10.2 Å². The normalized spacial score (nSPS) is 41.0. The zero-order chi connectivity index (χ0) is 15.5. The van der Waals surface area contributed by atoms with E-state index in [1.165, 1.54) is 11.1 Å². The van der Waals surface area contributed by atoms with Crippen molar-refractivity contribution in [3.63, 3.8) is 0 Å². The Bertz CT molecular complexity index is 658. The molecular formula is C21H28O2. The number of aryl methyl sites for hydroxylation is 1. The first-order valence-electron chi connectivity index (χ1n) is 8.50. The molecule has 2 fully saturated rings. The van der Waals surface area contributed by atoms with Crippen LogP contribution >= 0.6 is 0 Å². The standard InChI is InChI=1S/C20H24O2.CH4/c1-3-20(22)11-9-18-17-6-4-13-12-14(21)5-7-15(13)16(17)8-10-19(18,20)2;/h1,5,7,12,16-18,21-22H,4,6,8-11H2,2H3;1H4/t16-,17?,18+,19+,20+;/m1./s1. The van der Waals surface area contributed by atoms with Gasteiger partial charge in [0.05, 0.1) is 0 Å². The van der Waals surface area contributed by atoms with E-state index < -0.39 is 5.60 Å². The Morgan fingerprint density at radius 3 is 2.74 bits per heavy atom. The average molecular weight is 312 g/mol. The van der Waals surface area contributed by atoms with Crippen LogP contribution in [0.5, 0.6) is 5.75 Å². The molecule has 1 unspecified atom stereocenters. The second-order valence-corrected chi connectivity index (χ2v) is 7.80. The maximum absolute atomic E-state index is 10.9. The number of phenolic OH excluding ortho intramolecular Hbond substituents is 1. The zero-order valence-electron chi connectivity index (χ0n) is 13.2. The van der Waals surface area contributed by atoms with Crippen molar-refractivity contribution >= 4 is 0 Å². The highest BCUT2D eigenvalue weighted by atomic mass is 16.3. The average Bonchev–Trinajstić information content (AvgIpc) is 2.79. The van der Waals surface area contributed by atoms with Crippen LogP contribution in [0, 0.1) is 29.6 Å². The second-order valence-electron chi connectivity index (χ2n) is 7.80. The lowest BCUT2D eigenvalue weighted by Crippen LogP contribution is -2.50. The predicted octanol–water partition coefficient (Wildman–Crippen LogP) is 4.25. The minimum absolute atomic E-state index is 0. The van der Waals surface area contributed by atoms with Crippen LogP contribution in [-0.2, 0) is 6.42 Å². The van der Waals surface area contributed by atoms with Crippen molar-refractivity contribution in [3.05, 3.63) is 29.3 Å². The molecule has 1 aromatic carbocycles. The van der Waals surface area contributed by atoms with Crippen molar-refractivity contribution in [2.45, 2.75) is 64.4 Å². The number of aliphatic hydroxyl groups is 1. The molecule has 0 bridgehead atoms. The fraction of sp³-hybridized carbons (Fsp3) is 0.619. The maximum atomic E-state index is 10.9. The van der Waals surface area contributed by atoms with Gasteiger partial charge in [-0.05, 0) is 79.5 Å². The molecule has 1 aromatic rings. The Labute approximate surface area is 139 Å². The van der Waals surface area contributed by atoms with E-state index in [2.05, 4.69) is 18.9 Å². The maximum Gasteiger partial charge on any atom is 0.130 e. The molecule has 5 atom stereocenters. The lowest BCUT2D eigenvalue weighted by atomic mass is 9.53. The molecule has 2 saturated carbocycles. The number of phenols is 1. The first kappa shape index (κ1) is 16.4. The van der Waals surface area contributed by atoms with Crippen molar-refractivity contribution in [1.82, 2.24) is 0 Å². The van der Waals surface area contributed by atoms with E-state index in [1.807, 2.05) is 12.1 Å². The van der Waals surface area contributed by atoms with E-state index in [1.54, 1.807) is 0 Å². The van der Waals surface area contributed by atoms with Crippen LogP contribution < -0.4 is 0 Å². The molecular weight excluding hydrogens is 284 g/mol. The molecule has 2 N–H and O–H groups in total. The highest BCUT2D eigenvalue weighted by molar-refractivity contribution is 5.40. The Kier molecular flexibility index (Phi) is 3.76. The SMILES string of the molecule is C.C#C[C@]1(O)CC[C@H]2C3CCc4cc(O)ccc4[C@H]3CC[C@@]21C. The molecule has 4 rings (SSSR count). The summed E-state index contributed by atoms with van der Waals surface area (Å²) in [4.78, 5) is 0. The number of hydrogen-bond donors (Lipinski definition) is 2. The summed E-state index contributed by atoms with van der Waals surface area (Å²) in [6.07, 6.45) is 11.8. The lowest BCUT2D eigenvalue weighted by Gasteiger charge is -2.52. The van der Waals surface area contributed by atoms with E-state index >= 15 is 0 Å². The van der Waals surface area contributed by atoms with Crippen molar-refractivity contribution in [2.75, 3.05) is 0 Å². The van der Waals surface area contributed by atoms with Gasteiger partial charge < -0.3 is 10.2 Å². The number of fused-ring (bicyclic) bond motifs is 5. The van der Waals surface area contributed by atoms with Crippen LogP contribution in [0.15, 0.2) is 18.2 Å². The van der Waals surface area contributed by atoms with Crippen LogP contribution in [0.4, 0.5) is 0 Å². The number of aromatic hydroxyl groups is 1. The Hall–Kier alpha value is -1.46. The largest absolute Gasteiger partial charge is 0.508 e. The molecule has 0 aromatic heterocycles. The molecule has 0 heterocycles. The third-order valence-corrected chi connectivity index (χ3v) is 7.10. The molecule has 0 amide bonds. The van der Waals surface area contributed by atoms with Gasteiger partial charge in [-0.25, -0.2) is 0 Å². The van der Waals surface area contributed by atoms with Gasteiger partial charge >= 0.3 is 0 Å². The van der Waals surface area contributed by atoms with Gasteiger partial charge in [0.1, 0.15) is 11.4 Å². The van der Waals surface area contributed by atoms with Crippen molar-refractivity contribution in [3.8, 4) is 18.1 Å². The minimum Gasteiger partial charge on any atom is -0.508 e. The fourth-order valence-corrected chi connectivity index (χ4v) is 5.82. The van der Waals surface area contributed by atoms with Gasteiger partial charge in [0.25, 0.3) is 0 Å². The highest BCUT2D eigenvalue weighted by Crippen LogP contribution is 2.64. The molecule has 0 radical (unpaired) electrons. The molecule has 0 spiro atoms. The Morgan fingerprint density at radius 2 is 2.00 bits per heavy atom. The van der Waals surface area contributed by atoms with Gasteiger partial charge in [0, 0.05) is 5.41 Å². The molecule has 2 heteroatoms. The summed E-state index contributed by atoms with van der Waals surface area (Å²) in [5, 5.41) is 20.6. The van der Waals surface area contributed by atoms with Crippen LogP contribution in [-0.4, -0.2) is 15.8 Å². The monoisotopic (exact) mass is 312 g/mol. The smallest absolute Gasteiger partial charge is 0.130 e. The summed E-state index contributed by atoms with van der Waals surface area (Å²) >= 11 is 0. The predicted molar refractivity (Wildman–Crippen MR) is 93.2 cm³/mol. The van der Waals surface area contributed by atoms with E-state index in [4.69, 9.17) is 6.42 Å². The van der Waals surface area contributed by atoms with E-state index in [9.17, 15) is 10.2 Å². The third kappa shape index (κ3) is 2.06. The van der Waals surface area contributed by atoms with Crippen LogP contribution in [0.3, 0.4) is 0 Å². The molecule has 0 saturated heterocycles. The summed E-state index contributed by atoms with van der Waals surface area (Å²) < 4.78 is 0. The van der Waals surface area contributed by atoms with E-state index in [0.29, 0.717) is 23.5 Å². The van der Waals surface area contributed by atoms with Gasteiger partial charge in [0.2, 0.25) is 0 Å². The highest BCUT2D eigenvalue weighted by Gasteiger charge is 2.61. The first-order chi connectivity index (χ1) is 10.5. The summed E-state index contributed by atoms with van der Waals surface area (Å²) in [6, 6.07) is 5.87. The molecule has 2 nitrogen and oxygen atoms in total. The van der Waals surface area contributed by atoms with Crippen molar-refractivity contribution in [1.29, 1.82) is 0 Å². The molecule has 124 valence electrons. The van der Waals surface area contributed by atoms with Gasteiger partial charge in [-0.1, -0.05) is 26.3 Å².